The molecule has 3 nitrogen and oxygen atoms in total. The third-order valence-corrected chi connectivity index (χ3v) is 2.99. The number of rotatable bonds is 6. The van der Waals surface area contributed by atoms with Crippen molar-refractivity contribution in [1.29, 1.82) is 0 Å². The summed E-state index contributed by atoms with van der Waals surface area (Å²) >= 11 is 0. The van der Waals surface area contributed by atoms with Gasteiger partial charge in [-0.1, -0.05) is 12.1 Å². The monoisotopic (exact) mass is 256 g/mol. The fourth-order valence-corrected chi connectivity index (χ4v) is 1.96. The predicted octanol–water partition coefficient (Wildman–Crippen LogP) is 2.73. The number of hydrogen-bond donors (Lipinski definition) is 1. The van der Waals surface area contributed by atoms with Crippen LogP contribution in [-0.2, 0) is 6.42 Å². The fourth-order valence-electron chi connectivity index (χ4n) is 1.96. The second-order valence-corrected chi connectivity index (χ2v) is 4.77. The smallest absolute Gasteiger partial charge is 0.119 e. The van der Waals surface area contributed by atoms with Crippen LogP contribution in [0.4, 0.5) is 0 Å². The number of benzene rings is 1. The van der Waals surface area contributed by atoms with Crippen LogP contribution in [0.5, 0.6) is 5.75 Å². The van der Waals surface area contributed by atoms with Gasteiger partial charge in [-0.15, -0.1) is 0 Å². The number of aromatic nitrogens is 1. The number of hydrogen-bond acceptors (Lipinski definition) is 3. The van der Waals surface area contributed by atoms with E-state index in [1.54, 1.807) is 12.4 Å². The van der Waals surface area contributed by atoms with E-state index in [0.717, 1.165) is 18.6 Å². The van der Waals surface area contributed by atoms with Gasteiger partial charge in [0.05, 0.1) is 6.61 Å². The average Bonchev–Trinajstić information content (AvgIpc) is 2.40. The molecule has 0 aliphatic carbocycles. The van der Waals surface area contributed by atoms with Crippen LogP contribution < -0.4 is 10.5 Å². The Bertz CT molecular complexity index is 499. The van der Waals surface area contributed by atoms with Gasteiger partial charge in [0.25, 0.3) is 0 Å². The minimum absolute atomic E-state index is 0.118. The number of pyridine rings is 1. The van der Waals surface area contributed by atoms with E-state index in [-0.39, 0.29) is 6.04 Å². The van der Waals surface area contributed by atoms with Gasteiger partial charge in [0.2, 0.25) is 0 Å². The van der Waals surface area contributed by atoms with E-state index in [9.17, 15) is 0 Å². The first-order valence-corrected chi connectivity index (χ1v) is 6.58. The van der Waals surface area contributed by atoms with Gasteiger partial charge in [-0.25, -0.2) is 0 Å². The highest BCUT2D eigenvalue weighted by Crippen LogP contribution is 2.13. The van der Waals surface area contributed by atoms with E-state index in [0.29, 0.717) is 6.61 Å². The minimum atomic E-state index is 0.118. The van der Waals surface area contributed by atoms with E-state index in [2.05, 4.69) is 18.0 Å². The molecule has 1 aromatic heterocycles. The van der Waals surface area contributed by atoms with Crippen molar-refractivity contribution in [3.63, 3.8) is 0 Å². The zero-order chi connectivity index (χ0) is 13.5. The Labute approximate surface area is 114 Å². The summed E-state index contributed by atoms with van der Waals surface area (Å²) in [5.41, 5.74) is 8.53. The van der Waals surface area contributed by atoms with E-state index < -0.39 is 0 Å². The van der Waals surface area contributed by atoms with Crippen molar-refractivity contribution in [3.8, 4) is 5.75 Å². The van der Waals surface area contributed by atoms with Gasteiger partial charge in [-0.3, -0.25) is 4.98 Å². The molecule has 1 unspecified atom stereocenters. The molecule has 0 bridgehead atoms. The molecule has 1 heterocycles. The molecule has 0 fully saturated rings. The van der Waals surface area contributed by atoms with Gasteiger partial charge >= 0.3 is 0 Å². The first-order chi connectivity index (χ1) is 9.24. The van der Waals surface area contributed by atoms with Crippen LogP contribution in [0.25, 0.3) is 0 Å². The quantitative estimate of drug-likeness (QED) is 0.864. The Hall–Kier alpha value is -1.87. The highest BCUT2D eigenvalue weighted by molar-refractivity contribution is 5.27. The standard InChI is InChI=1S/C16H20N2O/c1-13-3-2-4-16(11-13)19-10-7-15(17)12-14-5-8-18-9-6-14/h2-6,8-9,11,15H,7,10,12,17H2,1H3. The van der Waals surface area contributed by atoms with Crippen LogP contribution in [0.15, 0.2) is 48.8 Å². The molecule has 0 saturated carbocycles. The Morgan fingerprint density at radius 2 is 2.00 bits per heavy atom. The summed E-state index contributed by atoms with van der Waals surface area (Å²) in [4.78, 5) is 4.00. The van der Waals surface area contributed by atoms with Gasteiger partial charge in [-0.05, 0) is 55.2 Å². The summed E-state index contributed by atoms with van der Waals surface area (Å²) in [6.45, 7) is 2.71. The summed E-state index contributed by atoms with van der Waals surface area (Å²) in [5.74, 6) is 0.913. The lowest BCUT2D eigenvalue weighted by Crippen LogP contribution is -2.25. The SMILES string of the molecule is Cc1cccc(OCCC(N)Cc2ccncc2)c1. The topological polar surface area (TPSA) is 48.1 Å². The van der Waals surface area contributed by atoms with Crippen LogP contribution in [0.2, 0.25) is 0 Å². The molecular weight excluding hydrogens is 236 g/mol. The predicted molar refractivity (Wildman–Crippen MR) is 77.2 cm³/mol. The molecule has 2 rings (SSSR count). The first kappa shape index (κ1) is 13.6. The van der Waals surface area contributed by atoms with Crippen molar-refractivity contribution >= 4 is 0 Å². The van der Waals surface area contributed by atoms with Crippen LogP contribution >= 0.6 is 0 Å². The summed E-state index contributed by atoms with van der Waals surface area (Å²) in [7, 11) is 0. The molecule has 0 aliphatic rings. The molecule has 2 N–H and O–H groups in total. The Balaban J connectivity index is 1.73. The van der Waals surface area contributed by atoms with Gasteiger partial charge in [0, 0.05) is 18.4 Å². The Kier molecular flexibility index (Phi) is 4.93. The molecule has 0 spiro atoms. The fraction of sp³-hybridized carbons (Fsp3) is 0.312. The van der Waals surface area contributed by atoms with Crippen molar-refractivity contribution < 1.29 is 4.74 Å². The summed E-state index contributed by atoms with van der Waals surface area (Å²) in [5, 5.41) is 0. The van der Waals surface area contributed by atoms with Crippen LogP contribution in [0.3, 0.4) is 0 Å². The molecular formula is C16H20N2O. The largest absolute Gasteiger partial charge is 0.494 e. The van der Waals surface area contributed by atoms with E-state index >= 15 is 0 Å². The average molecular weight is 256 g/mol. The maximum absolute atomic E-state index is 6.10. The number of ether oxygens (including phenoxy) is 1. The number of aryl methyl sites for hydroxylation is 1. The van der Waals surface area contributed by atoms with Gasteiger partial charge in [0.1, 0.15) is 5.75 Å². The second kappa shape index (κ2) is 6.90. The van der Waals surface area contributed by atoms with Gasteiger partial charge < -0.3 is 10.5 Å². The maximum atomic E-state index is 6.10. The zero-order valence-electron chi connectivity index (χ0n) is 11.3. The molecule has 2 aromatic rings. The van der Waals surface area contributed by atoms with Crippen molar-refractivity contribution in [2.45, 2.75) is 25.8 Å². The van der Waals surface area contributed by atoms with Crippen molar-refractivity contribution in [2.75, 3.05) is 6.61 Å². The highest BCUT2D eigenvalue weighted by atomic mass is 16.5. The van der Waals surface area contributed by atoms with E-state index in [4.69, 9.17) is 10.5 Å². The first-order valence-electron chi connectivity index (χ1n) is 6.58. The summed E-state index contributed by atoms with van der Waals surface area (Å²) < 4.78 is 5.70. The molecule has 0 amide bonds. The molecule has 100 valence electrons. The molecule has 1 atom stereocenters. The van der Waals surface area contributed by atoms with Gasteiger partial charge in [-0.2, -0.15) is 0 Å². The lowest BCUT2D eigenvalue weighted by Gasteiger charge is -2.12. The lowest BCUT2D eigenvalue weighted by atomic mass is 10.1. The summed E-state index contributed by atoms with van der Waals surface area (Å²) in [6.07, 6.45) is 5.30. The lowest BCUT2D eigenvalue weighted by molar-refractivity contribution is 0.297. The normalized spacial score (nSPS) is 12.1. The molecule has 1 aromatic carbocycles. The Morgan fingerprint density at radius 3 is 2.74 bits per heavy atom. The molecule has 0 aliphatic heterocycles. The highest BCUT2D eigenvalue weighted by Gasteiger charge is 2.04. The maximum Gasteiger partial charge on any atom is 0.119 e. The Morgan fingerprint density at radius 1 is 1.21 bits per heavy atom. The van der Waals surface area contributed by atoms with Crippen molar-refractivity contribution in [1.82, 2.24) is 4.98 Å². The molecule has 0 saturated heterocycles. The van der Waals surface area contributed by atoms with Crippen LogP contribution in [0, 0.1) is 6.92 Å². The van der Waals surface area contributed by atoms with Crippen LogP contribution in [-0.4, -0.2) is 17.6 Å². The molecule has 3 heteroatoms. The summed E-state index contributed by atoms with van der Waals surface area (Å²) in [6, 6.07) is 12.2. The third-order valence-electron chi connectivity index (χ3n) is 2.99. The van der Waals surface area contributed by atoms with Crippen molar-refractivity contribution in [2.24, 2.45) is 5.73 Å². The second-order valence-electron chi connectivity index (χ2n) is 4.77. The molecule has 19 heavy (non-hydrogen) atoms. The number of nitrogens with two attached hydrogens (primary N) is 1. The zero-order valence-corrected chi connectivity index (χ0v) is 11.3. The van der Waals surface area contributed by atoms with Gasteiger partial charge in [0.15, 0.2) is 0 Å². The number of nitrogens with zero attached hydrogens (tertiary/aromatic N) is 1. The minimum Gasteiger partial charge on any atom is -0.494 e. The van der Waals surface area contributed by atoms with Crippen molar-refractivity contribution in [3.05, 3.63) is 59.9 Å². The van der Waals surface area contributed by atoms with E-state index in [1.165, 1.54) is 11.1 Å². The third kappa shape index (κ3) is 4.72. The van der Waals surface area contributed by atoms with E-state index in [1.807, 2.05) is 30.3 Å². The molecule has 0 radical (unpaired) electrons. The van der Waals surface area contributed by atoms with Crippen LogP contribution in [0.1, 0.15) is 17.5 Å².